The van der Waals surface area contributed by atoms with Gasteiger partial charge in [0.15, 0.2) is 0 Å². The van der Waals surface area contributed by atoms with Crippen molar-refractivity contribution in [3.05, 3.63) is 0 Å². The van der Waals surface area contributed by atoms with Gasteiger partial charge < -0.3 is 3.07 Å². The molecule has 0 aromatic carbocycles. The second-order valence-corrected chi connectivity index (χ2v) is 4.64. The molecule has 0 saturated heterocycles. The smallest absolute Gasteiger partial charge is 0.110 e. The fourth-order valence-corrected chi connectivity index (χ4v) is 2.47. The molecule has 3 heteroatoms. The lowest BCUT2D eigenvalue weighted by Crippen LogP contribution is -2.31. The molecule has 0 aliphatic rings. The number of halogens is 1. The Labute approximate surface area is 89.4 Å². The summed E-state index contributed by atoms with van der Waals surface area (Å²) in [6, 6.07) is 0. The van der Waals surface area contributed by atoms with Gasteiger partial charge in [-0.1, -0.05) is 27.7 Å². The molecule has 2 unspecified atom stereocenters. The molecule has 1 nitrogen and oxygen atoms in total. The highest BCUT2D eigenvalue weighted by Gasteiger charge is 2.24. The highest BCUT2D eigenvalue weighted by molar-refractivity contribution is 14.1. The minimum absolute atomic E-state index is 0.263. The Hall–Kier alpha value is 1.04. The van der Waals surface area contributed by atoms with Gasteiger partial charge in [-0.25, -0.2) is 0 Å². The van der Waals surface area contributed by atoms with Crippen molar-refractivity contribution in [3.63, 3.8) is 0 Å². The standard InChI is InChI=1S/C8H17IOS/c1-5(2)7(10-9)8(11)6(3)4/h5-8,11H,1-4H3. The van der Waals surface area contributed by atoms with Gasteiger partial charge in [-0.05, 0) is 11.8 Å². The Morgan fingerprint density at radius 3 is 1.64 bits per heavy atom. The minimum atomic E-state index is 0.263. The molecule has 2 atom stereocenters. The summed E-state index contributed by atoms with van der Waals surface area (Å²) in [6.07, 6.45) is 0.263. The maximum Gasteiger partial charge on any atom is 0.110 e. The third kappa shape index (κ3) is 3.99. The van der Waals surface area contributed by atoms with E-state index in [0.717, 1.165) is 0 Å². The summed E-state index contributed by atoms with van der Waals surface area (Å²) in [4.78, 5) is 0. The Bertz CT molecular complexity index is 106. The first kappa shape index (κ1) is 12.0. The molecule has 0 aliphatic heterocycles. The van der Waals surface area contributed by atoms with E-state index < -0.39 is 0 Å². The summed E-state index contributed by atoms with van der Waals surface area (Å²) >= 11 is 6.47. The molecule has 0 spiro atoms. The topological polar surface area (TPSA) is 9.23 Å². The fraction of sp³-hybridized carbons (Fsp3) is 1.00. The van der Waals surface area contributed by atoms with Crippen molar-refractivity contribution in [1.29, 1.82) is 0 Å². The van der Waals surface area contributed by atoms with E-state index in [4.69, 9.17) is 3.07 Å². The van der Waals surface area contributed by atoms with Gasteiger partial charge in [-0.15, -0.1) is 0 Å². The van der Waals surface area contributed by atoms with Crippen molar-refractivity contribution >= 4 is 35.6 Å². The molecule has 0 radical (unpaired) electrons. The molecule has 0 aliphatic carbocycles. The second-order valence-electron chi connectivity index (χ2n) is 3.53. The first-order valence-corrected chi connectivity index (χ1v) is 5.35. The van der Waals surface area contributed by atoms with Gasteiger partial charge in [0.25, 0.3) is 0 Å². The van der Waals surface area contributed by atoms with Gasteiger partial charge in [0.05, 0.1) is 6.10 Å². The first-order valence-electron chi connectivity index (χ1n) is 3.96. The van der Waals surface area contributed by atoms with Gasteiger partial charge in [-0.2, -0.15) is 12.6 Å². The van der Waals surface area contributed by atoms with E-state index in [1.807, 2.05) is 23.0 Å². The van der Waals surface area contributed by atoms with E-state index in [9.17, 15) is 0 Å². The number of hydrogen-bond donors (Lipinski definition) is 1. The monoisotopic (exact) mass is 288 g/mol. The molecule has 0 bridgehead atoms. The molecule has 0 rings (SSSR count). The largest absolute Gasteiger partial charge is 0.311 e. The SMILES string of the molecule is CC(C)C(S)C(OI)C(C)C. The molecular formula is C8H17IOS. The molecule has 11 heavy (non-hydrogen) atoms. The van der Waals surface area contributed by atoms with Gasteiger partial charge in [0.1, 0.15) is 23.0 Å². The average molecular weight is 288 g/mol. The van der Waals surface area contributed by atoms with Crippen LogP contribution in [0, 0.1) is 11.8 Å². The highest BCUT2D eigenvalue weighted by Crippen LogP contribution is 2.23. The zero-order valence-electron chi connectivity index (χ0n) is 7.54. The zero-order chi connectivity index (χ0) is 9.02. The zero-order valence-corrected chi connectivity index (χ0v) is 10.6. The van der Waals surface area contributed by atoms with Crippen LogP contribution in [0.1, 0.15) is 27.7 Å². The summed E-state index contributed by atoms with van der Waals surface area (Å²) in [5.41, 5.74) is 0. The fourth-order valence-electron chi connectivity index (χ4n) is 0.929. The lowest BCUT2D eigenvalue weighted by molar-refractivity contribution is 0.192. The van der Waals surface area contributed by atoms with Gasteiger partial charge in [0.2, 0.25) is 0 Å². The normalized spacial score (nSPS) is 17.5. The van der Waals surface area contributed by atoms with Crippen molar-refractivity contribution in [2.45, 2.75) is 39.0 Å². The maximum atomic E-state index is 5.33. The van der Waals surface area contributed by atoms with Gasteiger partial charge >= 0.3 is 0 Å². The molecule has 0 N–H and O–H groups in total. The second kappa shape index (κ2) is 5.65. The predicted molar refractivity (Wildman–Crippen MR) is 61.3 cm³/mol. The van der Waals surface area contributed by atoms with Gasteiger partial charge in [0, 0.05) is 5.25 Å². The summed E-state index contributed by atoms with van der Waals surface area (Å²) in [5.74, 6) is 1.11. The molecule has 68 valence electrons. The van der Waals surface area contributed by atoms with Crippen LogP contribution in [-0.2, 0) is 3.07 Å². The summed E-state index contributed by atoms with van der Waals surface area (Å²) in [5, 5.41) is 0.340. The van der Waals surface area contributed by atoms with Crippen LogP contribution in [0.5, 0.6) is 0 Å². The molecule has 0 saturated carbocycles. The van der Waals surface area contributed by atoms with Gasteiger partial charge in [-0.3, -0.25) is 0 Å². The highest BCUT2D eigenvalue weighted by atomic mass is 127. The molecular weight excluding hydrogens is 271 g/mol. The lowest BCUT2D eigenvalue weighted by atomic mass is 9.97. The Balaban J connectivity index is 4.02. The van der Waals surface area contributed by atoms with Crippen molar-refractivity contribution < 1.29 is 3.07 Å². The van der Waals surface area contributed by atoms with Crippen LogP contribution in [0.3, 0.4) is 0 Å². The third-order valence-electron chi connectivity index (χ3n) is 1.78. The van der Waals surface area contributed by atoms with E-state index >= 15 is 0 Å². The molecule has 0 heterocycles. The molecule has 0 amide bonds. The van der Waals surface area contributed by atoms with Crippen LogP contribution in [0.25, 0.3) is 0 Å². The van der Waals surface area contributed by atoms with Crippen LogP contribution < -0.4 is 0 Å². The molecule has 0 aromatic heterocycles. The van der Waals surface area contributed by atoms with E-state index in [1.54, 1.807) is 0 Å². The third-order valence-corrected chi connectivity index (χ3v) is 3.26. The summed E-state index contributed by atoms with van der Waals surface area (Å²) < 4.78 is 5.33. The van der Waals surface area contributed by atoms with Crippen molar-refractivity contribution in [2.24, 2.45) is 11.8 Å². The Morgan fingerprint density at radius 2 is 1.55 bits per heavy atom. The van der Waals surface area contributed by atoms with E-state index in [1.165, 1.54) is 0 Å². The number of hydrogen-bond acceptors (Lipinski definition) is 2. The minimum Gasteiger partial charge on any atom is -0.311 e. The van der Waals surface area contributed by atoms with Crippen molar-refractivity contribution in [3.8, 4) is 0 Å². The van der Waals surface area contributed by atoms with Crippen LogP contribution in [0.2, 0.25) is 0 Å². The Morgan fingerprint density at radius 1 is 1.09 bits per heavy atom. The summed E-state index contributed by atoms with van der Waals surface area (Å²) in [6.45, 7) is 8.66. The van der Waals surface area contributed by atoms with E-state index in [0.29, 0.717) is 17.1 Å². The van der Waals surface area contributed by atoms with Crippen LogP contribution in [-0.4, -0.2) is 11.4 Å². The van der Waals surface area contributed by atoms with Crippen LogP contribution >= 0.6 is 35.6 Å². The first-order chi connectivity index (χ1) is 5.00. The molecule has 0 aromatic rings. The average Bonchev–Trinajstić information content (AvgIpc) is 1.88. The van der Waals surface area contributed by atoms with Crippen LogP contribution in [0.15, 0.2) is 0 Å². The number of thiol groups is 1. The lowest BCUT2D eigenvalue weighted by Gasteiger charge is -2.26. The predicted octanol–water partition coefficient (Wildman–Crippen LogP) is 3.33. The maximum absolute atomic E-state index is 5.33. The Kier molecular flexibility index (Phi) is 6.18. The quantitative estimate of drug-likeness (QED) is 0.616. The number of rotatable bonds is 4. The van der Waals surface area contributed by atoms with Crippen molar-refractivity contribution in [1.82, 2.24) is 0 Å². The summed E-state index contributed by atoms with van der Waals surface area (Å²) in [7, 11) is 0. The van der Waals surface area contributed by atoms with Crippen LogP contribution in [0.4, 0.5) is 0 Å². The molecule has 0 fully saturated rings. The van der Waals surface area contributed by atoms with Crippen molar-refractivity contribution in [2.75, 3.05) is 0 Å². The van der Waals surface area contributed by atoms with E-state index in [-0.39, 0.29) is 6.10 Å². The van der Waals surface area contributed by atoms with E-state index in [2.05, 4.69) is 40.3 Å².